The summed E-state index contributed by atoms with van der Waals surface area (Å²) in [6, 6.07) is 0. The average molecular weight is 166 g/mol. The van der Waals surface area contributed by atoms with Crippen LogP contribution in [0.4, 0.5) is 5.95 Å². The van der Waals surface area contributed by atoms with Gasteiger partial charge in [0.15, 0.2) is 0 Å². The number of nitrogens with two attached hydrogens (primary N) is 1. The van der Waals surface area contributed by atoms with Crippen molar-refractivity contribution in [2.75, 3.05) is 12.4 Å². The van der Waals surface area contributed by atoms with Gasteiger partial charge in [0.2, 0.25) is 5.95 Å². The first kappa shape index (κ1) is 8.93. The molecular formula is C8H14N4. The Morgan fingerprint density at radius 2 is 2.33 bits per heavy atom. The van der Waals surface area contributed by atoms with Gasteiger partial charge in [0, 0.05) is 25.4 Å². The van der Waals surface area contributed by atoms with Crippen LogP contribution in [0.15, 0.2) is 6.20 Å². The maximum Gasteiger partial charge on any atom is 0.222 e. The topological polar surface area (TPSA) is 63.8 Å². The summed E-state index contributed by atoms with van der Waals surface area (Å²) in [4.78, 5) is 8.35. The molecule has 1 heterocycles. The molecule has 3 N–H and O–H groups in total. The van der Waals surface area contributed by atoms with Crippen LogP contribution in [0.2, 0.25) is 0 Å². The molecule has 0 saturated heterocycles. The molecule has 0 atom stereocenters. The van der Waals surface area contributed by atoms with Crippen LogP contribution >= 0.6 is 0 Å². The molecule has 0 fully saturated rings. The van der Waals surface area contributed by atoms with E-state index in [1.807, 2.05) is 0 Å². The van der Waals surface area contributed by atoms with Gasteiger partial charge in [-0.15, -0.1) is 0 Å². The number of anilines is 1. The maximum absolute atomic E-state index is 5.52. The van der Waals surface area contributed by atoms with Crippen molar-refractivity contribution in [1.29, 1.82) is 0 Å². The molecule has 0 saturated carbocycles. The number of hydrogen-bond acceptors (Lipinski definition) is 4. The Morgan fingerprint density at radius 1 is 1.58 bits per heavy atom. The molecule has 12 heavy (non-hydrogen) atoms. The van der Waals surface area contributed by atoms with E-state index in [1.54, 1.807) is 13.2 Å². The van der Waals surface area contributed by atoms with Crippen molar-refractivity contribution >= 4 is 5.95 Å². The standard InChI is InChI=1S/C8H14N4/c1-3-7-6(4-9)5-11-8(10-2)12-7/h5H,3-4,9H2,1-2H3,(H,10,11,12). The van der Waals surface area contributed by atoms with Gasteiger partial charge >= 0.3 is 0 Å². The predicted molar refractivity (Wildman–Crippen MR) is 48.8 cm³/mol. The minimum Gasteiger partial charge on any atom is -0.357 e. The fourth-order valence-corrected chi connectivity index (χ4v) is 1.04. The molecule has 4 heteroatoms. The summed E-state index contributed by atoms with van der Waals surface area (Å²) in [5, 5.41) is 2.89. The van der Waals surface area contributed by atoms with E-state index in [0.717, 1.165) is 17.7 Å². The SMILES string of the molecule is CCc1nc(NC)ncc1CN. The minimum absolute atomic E-state index is 0.507. The van der Waals surface area contributed by atoms with E-state index in [1.165, 1.54) is 0 Å². The fraction of sp³-hybridized carbons (Fsp3) is 0.500. The Hall–Kier alpha value is -1.16. The van der Waals surface area contributed by atoms with Crippen molar-refractivity contribution in [2.45, 2.75) is 19.9 Å². The van der Waals surface area contributed by atoms with Crippen molar-refractivity contribution in [1.82, 2.24) is 9.97 Å². The number of aryl methyl sites for hydroxylation is 1. The molecule has 0 radical (unpaired) electrons. The van der Waals surface area contributed by atoms with Crippen LogP contribution in [0.5, 0.6) is 0 Å². The van der Waals surface area contributed by atoms with Crippen molar-refractivity contribution in [3.8, 4) is 0 Å². The third-order valence-electron chi connectivity index (χ3n) is 1.73. The third-order valence-corrected chi connectivity index (χ3v) is 1.73. The van der Waals surface area contributed by atoms with Crippen molar-refractivity contribution < 1.29 is 0 Å². The van der Waals surface area contributed by atoms with E-state index in [9.17, 15) is 0 Å². The second-order valence-corrected chi connectivity index (χ2v) is 2.47. The highest BCUT2D eigenvalue weighted by molar-refractivity contribution is 5.28. The molecule has 0 aromatic carbocycles. The first-order valence-corrected chi connectivity index (χ1v) is 4.04. The largest absolute Gasteiger partial charge is 0.357 e. The van der Waals surface area contributed by atoms with Gasteiger partial charge in [-0.2, -0.15) is 0 Å². The molecule has 1 aromatic heterocycles. The van der Waals surface area contributed by atoms with Gasteiger partial charge in [-0.1, -0.05) is 6.92 Å². The zero-order valence-electron chi connectivity index (χ0n) is 7.46. The van der Waals surface area contributed by atoms with E-state index in [2.05, 4.69) is 22.2 Å². The highest BCUT2D eigenvalue weighted by Gasteiger charge is 2.01. The molecule has 4 nitrogen and oxygen atoms in total. The van der Waals surface area contributed by atoms with E-state index < -0.39 is 0 Å². The van der Waals surface area contributed by atoms with Crippen molar-refractivity contribution in [3.05, 3.63) is 17.5 Å². The lowest BCUT2D eigenvalue weighted by molar-refractivity contribution is 0.917. The van der Waals surface area contributed by atoms with Crippen molar-refractivity contribution in [2.24, 2.45) is 5.73 Å². The molecule has 0 spiro atoms. The molecule has 0 unspecified atom stereocenters. The highest BCUT2D eigenvalue weighted by Crippen LogP contribution is 2.07. The summed E-state index contributed by atoms with van der Waals surface area (Å²) >= 11 is 0. The van der Waals surface area contributed by atoms with Crippen LogP contribution < -0.4 is 11.1 Å². The first-order valence-electron chi connectivity index (χ1n) is 4.04. The third kappa shape index (κ3) is 1.71. The molecule has 66 valence electrons. The van der Waals surface area contributed by atoms with Gasteiger partial charge in [0.25, 0.3) is 0 Å². The van der Waals surface area contributed by atoms with Crippen LogP contribution in [-0.4, -0.2) is 17.0 Å². The molecule has 0 amide bonds. The highest BCUT2D eigenvalue weighted by atomic mass is 15.1. The quantitative estimate of drug-likeness (QED) is 0.688. The lowest BCUT2D eigenvalue weighted by atomic mass is 10.2. The number of nitrogens with one attached hydrogen (secondary N) is 1. The van der Waals surface area contributed by atoms with Crippen molar-refractivity contribution in [3.63, 3.8) is 0 Å². The second-order valence-electron chi connectivity index (χ2n) is 2.47. The van der Waals surface area contributed by atoms with Gasteiger partial charge in [0.05, 0.1) is 5.69 Å². The molecule has 0 aliphatic rings. The molecular weight excluding hydrogens is 152 g/mol. The molecule has 0 aliphatic heterocycles. The van der Waals surface area contributed by atoms with E-state index >= 15 is 0 Å². The second kappa shape index (κ2) is 4.01. The fourth-order valence-electron chi connectivity index (χ4n) is 1.04. The van der Waals surface area contributed by atoms with Crippen LogP contribution in [-0.2, 0) is 13.0 Å². The summed E-state index contributed by atoms with van der Waals surface area (Å²) < 4.78 is 0. The van der Waals surface area contributed by atoms with E-state index in [0.29, 0.717) is 12.5 Å². The lowest BCUT2D eigenvalue weighted by Crippen LogP contribution is -2.07. The van der Waals surface area contributed by atoms with Gasteiger partial charge in [-0.3, -0.25) is 0 Å². The normalized spacial score (nSPS) is 9.92. The van der Waals surface area contributed by atoms with Gasteiger partial charge in [0.1, 0.15) is 0 Å². The Balaban J connectivity index is 3.02. The summed E-state index contributed by atoms with van der Waals surface area (Å²) in [5.41, 5.74) is 7.57. The minimum atomic E-state index is 0.507. The number of rotatable bonds is 3. The Labute approximate surface area is 72.2 Å². The van der Waals surface area contributed by atoms with E-state index in [-0.39, 0.29) is 0 Å². The van der Waals surface area contributed by atoms with Crippen LogP contribution in [0, 0.1) is 0 Å². The van der Waals surface area contributed by atoms with Gasteiger partial charge < -0.3 is 11.1 Å². The number of aromatic nitrogens is 2. The summed E-state index contributed by atoms with van der Waals surface area (Å²) in [7, 11) is 1.80. The maximum atomic E-state index is 5.52. The Bertz CT molecular complexity index is 259. The Kier molecular flexibility index (Phi) is 2.99. The van der Waals surface area contributed by atoms with Crippen LogP contribution in [0.3, 0.4) is 0 Å². The Morgan fingerprint density at radius 3 is 2.83 bits per heavy atom. The predicted octanol–water partition coefficient (Wildman–Crippen LogP) is 0.539. The average Bonchev–Trinajstić information content (AvgIpc) is 2.16. The molecule has 0 aliphatic carbocycles. The smallest absolute Gasteiger partial charge is 0.222 e. The van der Waals surface area contributed by atoms with Crippen LogP contribution in [0.25, 0.3) is 0 Å². The first-order chi connectivity index (χ1) is 5.81. The number of nitrogens with zero attached hydrogens (tertiary/aromatic N) is 2. The van der Waals surface area contributed by atoms with E-state index in [4.69, 9.17) is 5.73 Å². The summed E-state index contributed by atoms with van der Waals surface area (Å²) in [6.07, 6.45) is 2.67. The van der Waals surface area contributed by atoms with Crippen LogP contribution in [0.1, 0.15) is 18.2 Å². The molecule has 1 rings (SSSR count). The molecule has 0 bridgehead atoms. The summed E-state index contributed by atoms with van der Waals surface area (Å²) in [6.45, 7) is 2.56. The molecule has 1 aromatic rings. The number of hydrogen-bond donors (Lipinski definition) is 2. The summed E-state index contributed by atoms with van der Waals surface area (Å²) in [5.74, 6) is 0.657. The lowest BCUT2D eigenvalue weighted by Gasteiger charge is -2.05. The zero-order valence-corrected chi connectivity index (χ0v) is 7.46. The van der Waals surface area contributed by atoms with Gasteiger partial charge in [-0.05, 0) is 6.42 Å². The van der Waals surface area contributed by atoms with Gasteiger partial charge in [-0.25, -0.2) is 9.97 Å². The monoisotopic (exact) mass is 166 g/mol. The zero-order chi connectivity index (χ0) is 8.97.